The summed E-state index contributed by atoms with van der Waals surface area (Å²) >= 11 is 0. The van der Waals surface area contributed by atoms with Gasteiger partial charge >= 0.3 is 0 Å². The Morgan fingerprint density at radius 2 is 2.12 bits per heavy atom. The second-order valence-electron chi connectivity index (χ2n) is 5.23. The zero-order valence-corrected chi connectivity index (χ0v) is 10.7. The van der Waals surface area contributed by atoms with Crippen molar-refractivity contribution in [2.75, 3.05) is 5.73 Å². The lowest BCUT2D eigenvalue weighted by Crippen LogP contribution is -2.38. The summed E-state index contributed by atoms with van der Waals surface area (Å²) in [5, 5.41) is 4.52. The van der Waals surface area contributed by atoms with Gasteiger partial charge in [0.15, 0.2) is 5.65 Å². The summed E-state index contributed by atoms with van der Waals surface area (Å²) in [6.45, 7) is 7.21. The van der Waals surface area contributed by atoms with Gasteiger partial charge in [0, 0.05) is 12.1 Å². The number of hydrogen-bond acceptors (Lipinski definition) is 3. The van der Waals surface area contributed by atoms with E-state index in [1.807, 2.05) is 11.6 Å². The third-order valence-electron chi connectivity index (χ3n) is 4.01. The van der Waals surface area contributed by atoms with E-state index in [4.69, 9.17) is 5.73 Å². The van der Waals surface area contributed by atoms with E-state index in [1.54, 1.807) is 0 Å². The van der Waals surface area contributed by atoms with Gasteiger partial charge < -0.3 is 5.73 Å². The molecule has 1 aliphatic carbocycles. The first kappa shape index (κ1) is 10.6. The average molecular weight is 233 g/mol. The molecule has 0 spiro atoms. The van der Waals surface area contributed by atoms with Crippen LogP contribution in [0.15, 0.2) is 0 Å². The van der Waals surface area contributed by atoms with E-state index in [9.17, 15) is 0 Å². The average Bonchev–Trinajstić information content (AvgIpc) is 2.73. The molecule has 5 heteroatoms. The first-order chi connectivity index (χ1) is 8.07. The molecule has 0 aromatic carbocycles. The van der Waals surface area contributed by atoms with Gasteiger partial charge in [-0.1, -0.05) is 0 Å². The normalized spacial score (nSPS) is 18.5. The Balaban J connectivity index is 2.32. The van der Waals surface area contributed by atoms with E-state index in [0.717, 1.165) is 23.4 Å². The summed E-state index contributed by atoms with van der Waals surface area (Å²) in [6.07, 6.45) is 3.63. The van der Waals surface area contributed by atoms with Crippen LogP contribution in [0.1, 0.15) is 38.8 Å². The van der Waals surface area contributed by atoms with Gasteiger partial charge in [-0.25, -0.2) is 9.67 Å². The van der Waals surface area contributed by atoms with Crippen LogP contribution in [0.2, 0.25) is 0 Å². The molecule has 0 atom stereocenters. The van der Waals surface area contributed by atoms with Gasteiger partial charge in [-0.3, -0.25) is 4.57 Å². The molecule has 3 rings (SSSR count). The molecule has 0 bridgehead atoms. The lowest BCUT2D eigenvalue weighted by molar-refractivity contribution is 0.175. The molecule has 5 nitrogen and oxygen atoms in total. The molecule has 1 saturated carbocycles. The summed E-state index contributed by atoms with van der Waals surface area (Å²) in [7, 11) is 0. The van der Waals surface area contributed by atoms with Gasteiger partial charge in [-0.05, 0) is 40.0 Å². The quantitative estimate of drug-likeness (QED) is 0.863. The van der Waals surface area contributed by atoms with Crippen LogP contribution in [-0.4, -0.2) is 19.3 Å². The Morgan fingerprint density at radius 1 is 1.41 bits per heavy atom. The largest absolute Gasteiger partial charge is 0.369 e. The SMILES string of the molecule is CCn1nc(C)c2nc(N)n(C3(C)CCC3)c21. The Kier molecular flexibility index (Phi) is 2.03. The molecular formula is C12H19N5. The summed E-state index contributed by atoms with van der Waals surface area (Å²) < 4.78 is 4.20. The highest BCUT2D eigenvalue weighted by molar-refractivity contribution is 5.78. The van der Waals surface area contributed by atoms with Crippen molar-refractivity contribution in [3.8, 4) is 0 Å². The third kappa shape index (κ3) is 1.25. The Labute approximate surface area is 101 Å². The second kappa shape index (κ2) is 3.24. The maximum atomic E-state index is 6.10. The first-order valence-electron chi connectivity index (χ1n) is 6.28. The molecule has 2 heterocycles. The van der Waals surface area contributed by atoms with Crippen LogP contribution in [0.4, 0.5) is 5.95 Å². The van der Waals surface area contributed by atoms with Crippen molar-refractivity contribution < 1.29 is 0 Å². The van der Waals surface area contributed by atoms with E-state index in [0.29, 0.717) is 5.95 Å². The lowest BCUT2D eigenvalue weighted by atomic mass is 9.78. The van der Waals surface area contributed by atoms with Crippen LogP contribution in [0, 0.1) is 6.92 Å². The topological polar surface area (TPSA) is 61.7 Å². The van der Waals surface area contributed by atoms with Crippen molar-refractivity contribution in [2.45, 2.75) is 52.1 Å². The van der Waals surface area contributed by atoms with Crippen LogP contribution < -0.4 is 5.73 Å². The van der Waals surface area contributed by atoms with Crippen LogP contribution >= 0.6 is 0 Å². The van der Waals surface area contributed by atoms with E-state index >= 15 is 0 Å². The van der Waals surface area contributed by atoms with Crippen molar-refractivity contribution >= 4 is 17.1 Å². The monoisotopic (exact) mass is 233 g/mol. The Bertz CT molecular complexity index is 573. The summed E-state index contributed by atoms with van der Waals surface area (Å²) in [5.41, 5.74) is 9.25. The predicted molar refractivity (Wildman–Crippen MR) is 67.8 cm³/mol. The number of nitrogen functional groups attached to an aromatic ring is 1. The number of aryl methyl sites for hydroxylation is 2. The first-order valence-corrected chi connectivity index (χ1v) is 6.28. The number of imidazole rings is 1. The fourth-order valence-electron chi connectivity index (χ4n) is 2.85. The molecule has 17 heavy (non-hydrogen) atoms. The fraction of sp³-hybridized carbons (Fsp3) is 0.667. The Hall–Kier alpha value is -1.52. The standard InChI is InChI=1S/C12H19N5/c1-4-16-10-9(8(2)15-16)14-11(13)17(10)12(3)6-5-7-12/h4-7H2,1-3H3,(H2,13,14). The molecule has 2 aromatic heterocycles. The minimum absolute atomic E-state index is 0.137. The molecule has 0 aliphatic heterocycles. The Morgan fingerprint density at radius 3 is 2.65 bits per heavy atom. The number of nitrogens with two attached hydrogens (primary N) is 1. The summed E-state index contributed by atoms with van der Waals surface area (Å²) in [5.74, 6) is 0.630. The number of aromatic nitrogens is 4. The molecule has 2 N–H and O–H groups in total. The van der Waals surface area contributed by atoms with Crippen LogP contribution in [0.25, 0.3) is 11.2 Å². The number of nitrogens with zero attached hydrogens (tertiary/aromatic N) is 4. The van der Waals surface area contributed by atoms with E-state index in [2.05, 4.69) is 28.5 Å². The van der Waals surface area contributed by atoms with E-state index in [-0.39, 0.29) is 5.54 Å². The maximum Gasteiger partial charge on any atom is 0.203 e. The molecule has 0 saturated heterocycles. The minimum atomic E-state index is 0.137. The van der Waals surface area contributed by atoms with Gasteiger partial charge in [0.05, 0.1) is 5.69 Å². The molecule has 2 aromatic rings. The number of fused-ring (bicyclic) bond motifs is 1. The summed E-state index contributed by atoms with van der Waals surface area (Å²) in [6, 6.07) is 0. The van der Waals surface area contributed by atoms with Crippen molar-refractivity contribution in [2.24, 2.45) is 0 Å². The van der Waals surface area contributed by atoms with E-state index in [1.165, 1.54) is 19.3 Å². The molecule has 1 fully saturated rings. The molecule has 0 unspecified atom stereocenters. The van der Waals surface area contributed by atoms with Crippen LogP contribution in [0.3, 0.4) is 0 Å². The van der Waals surface area contributed by atoms with Gasteiger partial charge in [-0.15, -0.1) is 0 Å². The fourth-order valence-corrected chi connectivity index (χ4v) is 2.85. The summed E-state index contributed by atoms with van der Waals surface area (Å²) in [4.78, 5) is 4.49. The number of hydrogen-bond donors (Lipinski definition) is 1. The molecular weight excluding hydrogens is 214 g/mol. The van der Waals surface area contributed by atoms with Gasteiger partial charge in [-0.2, -0.15) is 5.10 Å². The van der Waals surface area contributed by atoms with Gasteiger partial charge in [0.2, 0.25) is 5.95 Å². The van der Waals surface area contributed by atoms with Crippen molar-refractivity contribution in [3.05, 3.63) is 5.69 Å². The van der Waals surface area contributed by atoms with Crippen LogP contribution in [0.5, 0.6) is 0 Å². The third-order valence-corrected chi connectivity index (χ3v) is 4.01. The molecule has 92 valence electrons. The number of anilines is 1. The lowest BCUT2D eigenvalue weighted by Gasteiger charge is -2.40. The zero-order valence-electron chi connectivity index (χ0n) is 10.7. The smallest absolute Gasteiger partial charge is 0.203 e. The molecule has 0 amide bonds. The van der Waals surface area contributed by atoms with Crippen molar-refractivity contribution in [3.63, 3.8) is 0 Å². The number of rotatable bonds is 2. The van der Waals surface area contributed by atoms with Crippen molar-refractivity contribution in [1.29, 1.82) is 0 Å². The van der Waals surface area contributed by atoms with Gasteiger partial charge in [0.25, 0.3) is 0 Å². The highest BCUT2D eigenvalue weighted by Crippen LogP contribution is 2.42. The van der Waals surface area contributed by atoms with Crippen LogP contribution in [-0.2, 0) is 12.1 Å². The van der Waals surface area contributed by atoms with Gasteiger partial charge in [0.1, 0.15) is 5.52 Å². The highest BCUT2D eigenvalue weighted by atomic mass is 15.4. The van der Waals surface area contributed by atoms with Crippen molar-refractivity contribution in [1.82, 2.24) is 19.3 Å². The minimum Gasteiger partial charge on any atom is -0.369 e. The maximum absolute atomic E-state index is 6.10. The molecule has 0 radical (unpaired) electrons. The highest BCUT2D eigenvalue weighted by Gasteiger charge is 2.37. The zero-order chi connectivity index (χ0) is 12.2. The second-order valence-corrected chi connectivity index (χ2v) is 5.23. The van der Waals surface area contributed by atoms with E-state index < -0.39 is 0 Å². The molecule has 1 aliphatic rings. The predicted octanol–water partition coefficient (Wildman–Crippen LogP) is 2.04.